The minimum Gasteiger partial charge on any atom is -0.327 e. The predicted octanol–water partition coefficient (Wildman–Crippen LogP) is 5.10. The second kappa shape index (κ2) is 8.99. The molecule has 8 nitrogen and oxygen atoms in total. The quantitative estimate of drug-likeness (QED) is 0.342. The van der Waals surface area contributed by atoms with Crippen molar-refractivity contribution < 1.29 is 4.79 Å². The van der Waals surface area contributed by atoms with Crippen LogP contribution in [0.2, 0.25) is 0 Å². The van der Waals surface area contributed by atoms with Gasteiger partial charge >= 0.3 is 0 Å². The highest BCUT2D eigenvalue weighted by Crippen LogP contribution is 2.37. The lowest BCUT2D eigenvalue weighted by Crippen LogP contribution is -2.41. The first-order valence-corrected chi connectivity index (χ1v) is 13.6. The molecule has 1 amide bonds. The van der Waals surface area contributed by atoms with Gasteiger partial charge in [-0.05, 0) is 83.8 Å². The summed E-state index contributed by atoms with van der Waals surface area (Å²) < 4.78 is 1.80. The first kappa shape index (κ1) is 23.5. The number of aryl methyl sites for hydroxylation is 2. The summed E-state index contributed by atoms with van der Waals surface area (Å²) in [4.78, 5) is 37.3. The molecule has 9 heteroatoms. The van der Waals surface area contributed by atoms with Crippen LogP contribution in [0.25, 0.3) is 27.4 Å². The van der Waals surface area contributed by atoms with E-state index in [0.29, 0.717) is 23.4 Å². The zero-order valence-electron chi connectivity index (χ0n) is 21.4. The van der Waals surface area contributed by atoms with Crippen molar-refractivity contribution in [3.05, 3.63) is 116 Å². The van der Waals surface area contributed by atoms with Gasteiger partial charge in [0.05, 0.1) is 22.0 Å². The smallest absolute Gasteiger partial charge is 0.294 e. The van der Waals surface area contributed by atoms with Gasteiger partial charge in [0.25, 0.3) is 11.5 Å². The van der Waals surface area contributed by atoms with Crippen molar-refractivity contribution >= 4 is 33.9 Å². The van der Waals surface area contributed by atoms with Gasteiger partial charge in [-0.15, -0.1) is 21.5 Å². The van der Waals surface area contributed by atoms with E-state index < -0.39 is 0 Å². The molecular formula is C30H24N6O2S. The molecule has 2 aromatic carbocycles. The normalized spacial score (nSPS) is 15.1. The molecular weight excluding hydrogens is 508 g/mol. The number of amides is 1. The molecule has 1 unspecified atom stereocenters. The highest BCUT2D eigenvalue weighted by Gasteiger charge is 2.33. The fraction of sp³-hybridized carbons (Fsp3) is 0.167. The Kier molecular flexibility index (Phi) is 5.41. The van der Waals surface area contributed by atoms with Gasteiger partial charge in [-0.3, -0.25) is 19.0 Å². The van der Waals surface area contributed by atoms with Crippen molar-refractivity contribution in [2.45, 2.75) is 26.3 Å². The Bertz CT molecular complexity index is 1960. The molecule has 39 heavy (non-hydrogen) atoms. The number of hydrogen-bond acceptors (Lipinski definition) is 6. The Morgan fingerprint density at radius 3 is 2.64 bits per heavy atom. The van der Waals surface area contributed by atoms with Crippen molar-refractivity contribution in [2.75, 3.05) is 6.54 Å². The molecule has 5 heterocycles. The van der Waals surface area contributed by atoms with E-state index in [9.17, 15) is 9.59 Å². The third kappa shape index (κ3) is 3.69. The summed E-state index contributed by atoms with van der Waals surface area (Å²) in [5.74, 6) is 0.544. The van der Waals surface area contributed by atoms with Crippen LogP contribution in [0, 0.1) is 13.8 Å². The highest BCUT2D eigenvalue weighted by atomic mass is 32.1. The minimum absolute atomic E-state index is 0.0789. The minimum atomic E-state index is -0.348. The van der Waals surface area contributed by atoms with Gasteiger partial charge in [0.2, 0.25) is 5.65 Å². The standard InChI is InChI=1S/C30H24N6O2S/c1-17-10-14-39-26(17)27-33-34-28-29(37)32-23-16-22(18(2)15-24(23)36(27)28)30(38)35-13-9-19-5-3-4-6-21(19)25(35)20-7-11-31-12-8-20/h3-8,10-12,14-16,25H,9,13H2,1-2H3,(H,32,37). The number of aromatic nitrogens is 5. The van der Waals surface area contributed by atoms with Crippen LogP contribution in [-0.4, -0.2) is 41.9 Å². The summed E-state index contributed by atoms with van der Waals surface area (Å²) in [5.41, 5.74) is 7.02. The number of thiophene rings is 1. The lowest BCUT2D eigenvalue weighted by atomic mass is 9.88. The maximum Gasteiger partial charge on any atom is 0.294 e. The van der Waals surface area contributed by atoms with Gasteiger partial charge in [-0.2, -0.15) is 0 Å². The molecule has 0 radical (unpaired) electrons. The average Bonchev–Trinajstić information content (AvgIpc) is 3.59. The Morgan fingerprint density at radius 2 is 1.85 bits per heavy atom. The van der Waals surface area contributed by atoms with Gasteiger partial charge in [0, 0.05) is 24.5 Å². The lowest BCUT2D eigenvalue weighted by Gasteiger charge is -2.38. The maximum absolute atomic E-state index is 14.2. The summed E-state index contributed by atoms with van der Waals surface area (Å²) in [6, 6.07) is 17.8. The molecule has 1 N–H and O–H groups in total. The number of fused-ring (bicyclic) bond motifs is 4. The number of H-pyrrole nitrogens is 1. The van der Waals surface area contributed by atoms with Crippen molar-refractivity contribution in [3.8, 4) is 10.7 Å². The summed E-state index contributed by atoms with van der Waals surface area (Å²) >= 11 is 1.56. The topological polar surface area (TPSA) is 96.2 Å². The molecule has 4 aromatic heterocycles. The number of nitrogens with zero attached hydrogens (tertiary/aromatic N) is 5. The van der Waals surface area contributed by atoms with E-state index in [-0.39, 0.29) is 23.2 Å². The van der Waals surface area contributed by atoms with Gasteiger partial charge in [-0.1, -0.05) is 24.3 Å². The summed E-state index contributed by atoms with van der Waals surface area (Å²) in [5, 5.41) is 10.5. The van der Waals surface area contributed by atoms with Gasteiger partial charge in [-0.25, -0.2) is 0 Å². The number of nitrogens with one attached hydrogen (secondary N) is 1. The Hall–Kier alpha value is -4.63. The SMILES string of the molecule is Cc1cc2c(cc1C(=O)N1CCc3ccccc3C1c1ccncc1)[nH]c(=O)c1nnc(-c3sccc3C)n12. The second-order valence-corrected chi connectivity index (χ2v) is 10.8. The summed E-state index contributed by atoms with van der Waals surface area (Å²) in [7, 11) is 0. The van der Waals surface area contributed by atoms with Crippen molar-refractivity contribution in [3.63, 3.8) is 0 Å². The Balaban J connectivity index is 1.39. The van der Waals surface area contributed by atoms with E-state index in [1.807, 2.05) is 60.5 Å². The van der Waals surface area contributed by atoms with Crippen LogP contribution < -0.4 is 5.56 Å². The molecule has 192 valence electrons. The molecule has 0 fully saturated rings. The molecule has 0 spiro atoms. The van der Waals surface area contributed by atoms with Crippen LogP contribution in [0.1, 0.15) is 44.2 Å². The number of pyridine rings is 1. The van der Waals surface area contributed by atoms with Crippen LogP contribution in [-0.2, 0) is 6.42 Å². The summed E-state index contributed by atoms with van der Waals surface area (Å²) in [6.45, 7) is 4.53. The number of rotatable bonds is 3. The van der Waals surface area contributed by atoms with Crippen LogP contribution in [0.3, 0.4) is 0 Å². The lowest BCUT2D eigenvalue weighted by molar-refractivity contribution is 0.0694. The van der Waals surface area contributed by atoms with E-state index in [2.05, 4.69) is 32.3 Å². The Labute approximate surface area is 227 Å². The largest absolute Gasteiger partial charge is 0.327 e. The molecule has 7 rings (SSSR count). The van der Waals surface area contributed by atoms with Crippen LogP contribution >= 0.6 is 11.3 Å². The molecule has 0 aliphatic carbocycles. The van der Waals surface area contributed by atoms with Crippen molar-refractivity contribution in [1.29, 1.82) is 0 Å². The molecule has 1 atom stereocenters. The van der Waals surface area contributed by atoms with Gasteiger partial charge in [0.1, 0.15) is 0 Å². The number of hydrogen-bond donors (Lipinski definition) is 1. The fourth-order valence-electron chi connectivity index (χ4n) is 5.64. The number of aromatic amines is 1. The van der Waals surface area contributed by atoms with Crippen LogP contribution in [0.4, 0.5) is 0 Å². The molecule has 0 saturated carbocycles. The van der Waals surface area contributed by atoms with E-state index in [1.54, 1.807) is 34.2 Å². The molecule has 0 bridgehead atoms. The van der Waals surface area contributed by atoms with Gasteiger partial charge in [0.15, 0.2) is 5.82 Å². The van der Waals surface area contributed by atoms with Crippen LogP contribution in [0.15, 0.2) is 77.2 Å². The fourth-order valence-corrected chi connectivity index (χ4v) is 6.54. The zero-order valence-corrected chi connectivity index (χ0v) is 22.2. The Morgan fingerprint density at radius 1 is 1.03 bits per heavy atom. The van der Waals surface area contributed by atoms with Crippen molar-refractivity contribution in [1.82, 2.24) is 29.5 Å². The first-order chi connectivity index (χ1) is 19.0. The van der Waals surface area contributed by atoms with E-state index in [1.165, 1.54) is 5.56 Å². The number of benzene rings is 2. The van der Waals surface area contributed by atoms with Crippen LogP contribution in [0.5, 0.6) is 0 Å². The van der Waals surface area contributed by atoms with E-state index in [4.69, 9.17) is 0 Å². The third-order valence-corrected chi connectivity index (χ3v) is 8.57. The molecule has 6 aromatic rings. The summed E-state index contributed by atoms with van der Waals surface area (Å²) in [6.07, 6.45) is 4.30. The van der Waals surface area contributed by atoms with Crippen molar-refractivity contribution in [2.24, 2.45) is 0 Å². The number of carbonyl (C=O) groups is 1. The highest BCUT2D eigenvalue weighted by molar-refractivity contribution is 7.13. The molecule has 1 aliphatic heterocycles. The zero-order chi connectivity index (χ0) is 26.7. The predicted molar refractivity (Wildman–Crippen MR) is 151 cm³/mol. The molecule has 0 saturated heterocycles. The average molecular weight is 533 g/mol. The second-order valence-electron chi connectivity index (χ2n) is 9.88. The number of carbonyl (C=O) groups excluding carboxylic acids is 1. The van der Waals surface area contributed by atoms with E-state index >= 15 is 0 Å². The first-order valence-electron chi connectivity index (χ1n) is 12.8. The molecule has 1 aliphatic rings. The maximum atomic E-state index is 14.2. The van der Waals surface area contributed by atoms with Gasteiger partial charge < -0.3 is 9.88 Å². The van der Waals surface area contributed by atoms with E-state index in [0.717, 1.165) is 39.1 Å². The third-order valence-electron chi connectivity index (χ3n) is 7.56. The monoisotopic (exact) mass is 532 g/mol.